The second kappa shape index (κ2) is 10.9. The lowest BCUT2D eigenvalue weighted by Crippen LogP contribution is -2.31. The number of nitrogens with one attached hydrogen (secondary N) is 1. The monoisotopic (exact) mass is 481 g/mol. The molecule has 0 bridgehead atoms. The SMILES string of the molecule is O=C(CC1Cc2ccccc2C1)NC(c1ccc(F)cc1)c1ccc(SCc2ccccc2)cc1. The molecular formula is C31H28FNOS. The first-order valence-corrected chi connectivity index (χ1v) is 13.0. The van der Waals surface area contributed by atoms with Gasteiger partial charge in [-0.15, -0.1) is 11.8 Å². The molecule has 0 radical (unpaired) electrons. The van der Waals surface area contributed by atoms with Crippen molar-refractivity contribution in [2.24, 2.45) is 5.92 Å². The lowest BCUT2D eigenvalue weighted by molar-refractivity contribution is -0.122. The van der Waals surface area contributed by atoms with E-state index < -0.39 is 0 Å². The van der Waals surface area contributed by atoms with Crippen LogP contribution in [0.15, 0.2) is 108 Å². The minimum Gasteiger partial charge on any atom is -0.345 e. The number of rotatable bonds is 8. The van der Waals surface area contributed by atoms with Crippen molar-refractivity contribution in [2.75, 3.05) is 0 Å². The Hall–Kier alpha value is -3.37. The van der Waals surface area contributed by atoms with Crippen molar-refractivity contribution < 1.29 is 9.18 Å². The summed E-state index contributed by atoms with van der Waals surface area (Å²) in [4.78, 5) is 14.3. The number of amides is 1. The van der Waals surface area contributed by atoms with Gasteiger partial charge in [0.25, 0.3) is 0 Å². The van der Waals surface area contributed by atoms with Crippen LogP contribution in [0.1, 0.15) is 40.3 Å². The van der Waals surface area contributed by atoms with E-state index in [-0.39, 0.29) is 17.8 Å². The van der Waals surface area contributed by atoms with E-state index in [1.54, 1.807) is 23.9 Å². The third kappa shape index (κ3) is 6.01. The Bertz CT molecular complexity index is 1250. The highest BCUT2D eigenvalue weighted by Crippen LogP contribution is 2.30. The number of hydrogen-bond acceptors (Lipinski definition) is 2. The van der Waals surface area contributed by atoms with Gasteiger partial charge in [-0.05, 0) is 70.8 Å². The smallest absolute Gasteiger partial charge is 0.221 e. The van der Waals surface area contributed by atoms with Crippen molar-refractivity contribution in [3.8, 4) is 0 Å². The number of thioether (sulfide) groups is 1. The second-order valence-electron chi connectivity index (χ2n) is 9.14. The predicted molar refractivity (Wildman–Crippen MR) is 141 cm³/mol. The van der Waals surface area contributed by atoms with E-state index in [2.05, 4.69) is 78.1 Å². The van der Waals surface area contributed by atoms with Gasteiger partial charge in [0.15, 0.2) is 0 Å². The van der Waals surface area contributed by atoms with Gasteiger partial charge in [-0.3, -0.25) is 4.79 Å². The molecule has 1 aliphatic carbocycles. The summed E-state index contributed by atoms with van der Waals surface area (Å²) in [7, 11) is 0. The Balaban J connectivity index is 1.28. The summed E-state index contributed by atoms with van der Waals surface area (Å²) in [5.41, 5.74) is 5.85. The van der Waals surface area contributed by atoms with Crippen LogP contribution in [0, 0.1) is 11.7 Å². The molecule has 0 heterocycles. The van der Waals surface area contributed by atoms with Crippen LogP contribution < -0.4 is 5.32 Å². The average molecular weight is 482 g/mol. The van der Waals surface area contributed by atoms with E-state index in [4.69, 9.17) is 0 Å². The molecule has 4 aromatic carbocycles. The number of carbonyl (C=O) groups excluding carboxylic acids is 1. The van der Waals surface area contributed by atoms with Crippen molar-refractivity contribution >= 4 is 17.7 Å². The summed E-state index contributed by atoms with van der Waals surface area (Å²) >= 11 is 1.78. The van der Waals surface area contributed by atoms with Crippen LogP contribution in [-0.2, 0) is 23.4 Å². The zero-order valence-electron chi connectivity index (χ0n) is 19.5. The van der Waals surface area contributed by atoms with Crippen LogP contribution in [0.5, 0.6) is 0 Å². The molecule has 1 N–H and O–H groups in total. The van der Waals surface area contributed by atoms with Gasteiger partial charge in [0, 0.05) is 17.1 Å². The van der Waals surface area contributed by atoms with E-state index in [1.807, 2.05) is 6.07 Å². The van der Waals surface area contributed by atoms with Crippen molar-refractivity contribution in [3.05, 3.63) is 137 Å². The minimum absolute atomic E-state index is 0.0275. The maximum absolute atomic E-state index is 13.6. The standard InChI is InChI=1S/C31H28FNOS/c32-28-14-10-24(11-15-28)31(33-30(34)20-23-18-26-8-4-5-9-27(26)19-23)25-12-16-29(17-13-25)35-21-22-6-2-1-3-7-22/h1-17,23,31H,18-21H2,(H,33,34). The molecular weight excluding hydrogens is 453 g/mol. The van der Waals surface area contributed by atoms with Crippen molar-refractivity contribution in [3.63, 3.8) is 0 Å². The van der Waals surface area contributed by atoms with Gasteiger partial charge in [-0.25, -0.2) is 4.39 Å². The zero-order valence-corrected chi connectivity index (χ0v) is 20.3. The summed E-state index contributed by atoms with van der Waals surface area (Å²) in [6, 6.07) is 33.2. The number of hydrogen-bond donors (Lipinski definition) is 1. The van der Waals surface area contributed by atoms with Crippen LogP contribution >= 0.6 is 11.8 Å². The summed E-state index contributed by atoms with van der Waals surface area (Å²) in [5, 5.41) is 3.23. The lowest BCUT2D eigenvalue weighted by atomic mass is 9.97. The average Bonchev–Trinajstić information content (AvgIpc) is 3.30. The molecule has 0 aliphatic heterocycles. The first-order valence-electron chi connectivity index (χ1n) is 12.0. The van der Waals surface area contributed by atoms with E-state index in [0.717, 1.165) is 29.7 Å². The van der Waals surface area contributed by atoms with Gasteiger partial charge >= 0.3 is 0 Å². The van der Waals surface area contributed by atoms with Crippen LogP contribution in [0.4, 0.5) is 4.39 Å². The summed E-state index contributed by atoms with van der Waals surface area (Å²) in [6.45, 7) is 0. The zero-order chi connectivity index (χ0) is 24.0. The quantitative estimate of drug-likeness (QED) is 0.271. The lowest BCUT2D eigenvalue weighted by Gasteiger charge is -2.21. The van der Waals surface area contributed by atoms with E-state index in [1.165, 1.54) is 33.7 Å². The number of fused-ring (bicyclic) bond motifs is 1. The highest BCUT2D eigenvalue weighted by Gasteiger charge is 2.25. The molecule has 0 aromatic heterocycles. The molecule has 1 aliphatic rings. The van der Waals surface area contributed by atoms with E-state index >= 15 is 0 Å². The highest BCUT2D eigenvalue weighted by molar-refractivity contribution is 7.98. The van der Waals surface area contributed by atoms with Gasteiger partial charge < -0.3 is 5.32 Å². The molecule has 1 atom stereocenters. The number of carbonyl (C=O) groups is 1. The fraction of sp³-hybridized carbons (Fsp3) is 0.194. The fourth-order valence-electron chi connectivity index (χ4n) is 4.79. The second-order valence-corrected chi connectivity index (χ2v) is 10.2. The Morgan fingerprint density at radius 2 is 1.37 bits per heavy atom. The molecule has 1 unspecified atom stereocenters. The number of benzene rings is 4. The molecule has 0 spiro atoms. The van der Waals surface area contributed by atoms with Crippen molar-refractivity contribution in [1.82, 2.24) is 5.32 Å². The predicted octanol–water partition coefficient (Wildman–Crippen LogP) is 7.13. The summed E-state index contributed by atoms with van der Waals surface area (Å²) in [5.74, 6) is 0.968. The molecule has 0 fully saturated rings. The van der Waals surface area contributed by atoms with E-state index in [9.17, 15) is 9.18 Å². The first-order chi connectivity index (χ1) is 17.1. The molecule has 4 heteroatoms. The van der Waals surface area contributed by atoms with Gasteiger partial charge in [-0.2, -0.15) is 0 Å². The third-order valence-electron chi connectivity index (χ3n) is 6.58. The van der Waals surface area contributed by atoms with Gasteiger partial charge in [0.05, 0.1) is 6.04 Å². The molecule has 0 saturated carbocycles. The minimum atomic E-state index is -0.319. The summed E-state index contributed by atoms with van der Waals surface area (Å²) in [6.07, 6.45) is 2.37. The largest absolute Gasteiger partial charge is 0.345 e. The van der Waals surface area contributed by atoms with Crippen LogP contribution in [0.25, 0.3) is 0 Å². The maximum Gasteiger partial charge on any atom is 0.221 e. The molecule has 2 nitrogen and oxygen atoms in total. The molecule has 176 valence electrons. The Labute approximate surface area is 210 Å². The Kier molecular flexibility index (Phi) is 7.29. The van der Waals surface area contributed by atoms with Crippen LogP contribution in [-0.4, -0.2) is 5.91 Å². The highest BCUT2D eigenvalue weighted by atomic mass is 32.2. The van der Waals surface area contributed by atoms with Gasteiger partial charge in [0.2, 0.25) is 5.91 Å². The Morgan fingerprint density at radius 3 is 2.00 bits per heavy atom. The number of halogens is 1. The molecule has 1 amide bonds. The topological polar surface area (TPSA) is 29.1 Å². The van der Waals surface area contributed by atoms with Gasteiger partial charge in [0.1, 0.15) is 5.82 Å². The van der Waals surface area contributed by atoms with Crippen molar-refractivity contribution in [1.29, 1.82) is 0 Å². The maximum atomic E-state index is 13.6. The molecule has 5 rings (SSSR count). The Morgan fingerprint density at radius 1 is 0.800 bits per heavy atom. The molecule has 4 aromatic rings. The van der Waals surface area contributed by atoms with E-state index in [0.29, 0.717) is 12.3 Å². The third-order valence-corrected chi connectivity index (χ3v) is 7.66. The normalized spacial score (nSPS) is 13.9. The first kappa shape index (κ1) is 23.4. The molecule has 35 heavy (non-hydrogen) atoms. The van der Waals surface area contributed by atoms with Crippen LogP contribution in [0.3, 0.4) is 0 Å². The molecule has 0 saturated heterocycles. The van der Waals surface area contributed by atoms with Gasteiger partial charge in [-0.1, -0.05) is 78.9 Å². The summed E-state index contributed by atoms with van der Waals surface area (Å²) < 4.78 is 13.6. The fourth-order valence-corrected chi connectivity index (χ4v) is 5.64. The van der Waals surface area contributed by atoms with Crippen LogP contribution in [0.2, 0.25) is 0 Å². The van der Waals surface area contributed by atoms with Crippen molar-refractivity contribution in [2.45, 2.75) is 36.0 Å².